The standard InChI is InChI=1S/C38H43ClF2N8O2/c1-20(2)48-19-43-27-15-25(45-34(32(27)48)46-26-14-24(29(39)31(41)30(26)40)35(50)44-22-9-10-22)21-13-28-33(42-18-21)37(3,4)36(51)49(28)23-16-38(5,17-23)47-11-7-6-8-12-47/h13-15,18-20,22-23H,6-12,16-17H2,1-5H3,(H,44,50)(H,45,46). The summed E-state index contributed by atoms with van der Waals surface area (Å²) in [5.41, 5.74) is 2.61. The van der Waals surface area contributed by atoms with Gasteiger partial charge in [0.2, 0.25) is 5.91 Å². The summed E-state index contributed by atoms with van der Waals surface area (Å²) in [5, 5.41) is 5.19. The van der Waals surface area contributed by atoms with Gasteiger partial charge in [0.05, 0.1) is 50.6 Å². The molecule has 268 valence electrons. The third-order valence-electron chi connectivity index (χ3n) is 11.3. The molecule has 51 heavy (non-hydrogen) atoms. The molecule has 0 bridgehead atoms. The molecule has 0 atom stereocenters. The van der Waals surface area contributed by atoms with Crippen LogP contribution < -0.4 is 15.5 Å². The van der Waals surface area contributed by atoms with Gasteiger partial charge in [0.25, 0.3) is 5.91 Å². The van der Waals surface area contributed by atoms with E-state index in [-0.39, 0.29) is 46.6 Å². The monoisotopic (exact) mass is 716 g/mol. The van der Waals surface area contributed by atoms with Crippen molar-refractivity contribution in [1.29, 1.82) is 0 Å². The van der Waals surface area contributed by atoms with Crippen molar-refractivity contribution < 1.29 is 18.4 Å². The van der Waals surface area contributed by atoms with Crippen molar-refractivity contribution >= 4 is 51.6 Å². The Morgan fingerprint density at radius 3 is 2.43 bits per heavy atom. The first-order valence-corrected chi connectivity index (χ1v) is 18.4. The number of amides is 2. The van der Waals surface area contributed by atoms with Crippen molar-refractivity contribution in [2.45, 2.75) is 109 Å². The summed E-state index contributed by atoms with van der Waals surface area (Å²) in [4.78, 5) is 45.9. The Bertz CT molecular complexity index is 2080. The van der Waals surface area contributed by atoms with Crippen molar-refractivity contribution in [3.05, 3.63) is 58.6 Å². The highest BCUT2D eigenvalue weighted by atomic mass is 35.5. The summed E-state index contributed by atoms with van der Waals surface area (Å²) in [6, 6.07) is 5.04. The van der Waals surface area contributed by atoms with Crippen LogP contribution in [0.15, 0.2) is 30.7 Å². The van der Waals surface area contributed by atoms with Crippen LogP contribution in [-0.4, -0.2) is 66.9 Å². The molecule has 1 aromatic carbocycles. The van der Waals surface area contributed by atoms with Crippen LogP contribution >= 0.6 is 11.6 Å². The highest BCUT2D eigenvalue weighted by molar-refractivity contribution is 6.34. The molecule has 2 amide bonds. The number of anilines is 3. The molecule has 4 aliphatic rings. The number of hydrogen-bond acceptors (Lipinski definition) is 7. The Kier molecular flexibility index (Phi) is 8.14. The summed E-state index contributed by atoms with van der Waals surface area (Å²) in [5.74, 6) is -2.87. The average Bonchev–Trinajstić information content (AvgIpc) is 3.76. The number of carbonyl (C=O) groups is 2. The van der Waals surface area contributed by atoms with Crippen LogP contribution in [0, 0.1) is 11.6 Å². The van der Waals surface area contributed by atoms with Crippen molar-refractivity contribution in [3.8, 4) is 11.3 Å². The number of aromatic nitrogens is 4. The second kappa shape index (κ2) is 12.2. The van der Waals surface area contributed by atoms with Gasteiger partial charge in [0.15, 0.2) is 17.5 Å². The maximum atomic E-state index is 15.5. The number of carbonyl (C=O) groups excluding carboxylic acids is 2. The van der Waals surface area contributed by atoms with Gasteiger partial charge in [0, 0.05) is 35.4 Å². The molecular weight excluding hydrogens is 674 g/mol. The summed E-state index contributed by atoms with van der Waals surface area (Å²) < 4.78 is 32.6. The van der Waals surface area contributed by atoms with E-state index in [2.05, 4.69) is 27.4 Å². The minimum absolute atomic E-state index is 0.00217. The van der Waals surface area contributed by atoms with Crippen LogP contribution in [0.2, 0.25) is 5.02 Å². The molecule has 13 heteroatoms. The van der Waals surface area contributed by atoms with Crippen LogP contribution in [0.4, 0.5) is 26.0 Å². The largest absolute Gasteiger partial charge is 0.349 e. The van der Waals surface area contributed by atoms with Crippen LogP contribution in [0.5, 0.6) is 0 Å². The second-order valence-electron chi connectivity index (χ2n) is 15.8. The first-order chi connectivity index (χ1) is 24.3. The molecule has 8 rings (SSSR count). The first kappa shape index (κ1) is 34.0. The Morgan fingerprint density at radius 2 is 1.75 bits per heavy atom. The smallest absolute Gasteiger partial charge is 0.253 e. The quantitative estimate of drug-likeness (QED) is 0.180. The summed E-state index contributed by atoms with van der Waals surface area (Å²) in [6.07, 6.45) is 10.5. The number of likely N-dealkylation sites (tertiary alicyclic amines) is 1. The van der Waals surface area contributed by atoms with Gasteiger partial charge < -0.3 is 20.1 Å². The number of pyridine rings is 2. The number of piperidine rings is 1. The molecule has 3 aromatic heterocycles. The van der Waals surface area contributed by atoms with E-state index in [0.29, 0.717) is 22.3 Å². The van der Waals surface area contributed by atoms with Gasteiger partial charge in [-0.05, 0) is 104 Å². The Labute approximate surface area is 301 Å². The third-order valence-corrected chi connectivity index (χ3v) is 11.6. The lowest BCUT2D eigenvalue weighted by Crippen LogP contribution is -2.64. The molecule has 2 N–H and O–H groups in total. The minimum atomic E-state index is -1.32. The Morgan fingerprint density at radius 1 is 1.02 bits per heavy atom. The number of rotatable bonds is 8. The summed E-state index contributed by atoms with van der Waals surface area (Å²) >= 11 is 6.13. The van der Waals surface area contributed by atoms with Gasteiger partial charge >= 0.3 is 0 Å². The van der Waals surface area contributed by atoms with Gasteiger partial charge in [-0.25, -0.2) is 18.7 Å². The van der Waals surface area contributed by atoms with Gasteiger partial charge in [-0.2, -0.15) is 0 Å². The fraction of sp³-hybridized carbons (Fsp3) is 0.500. The highest BCUT2D eigenvalue weighted by Gasteiger charge is 2.54. The van der Waals surface area contributed by atoms with Gasteiger partial charge in [-0.1, -0.05) is 18.0 Å². The normalized spacial score (nSPS) is 23.1. The van der Waals surface area contributed by atoms with Crippen LogP contribution in [0.25, 0.3) is 22.3 Å². The van der Waals surface area contributed by atoms with Crippen molar-refractivity contribution in [1.82, 2.24) is 29.7 Å². The van der Waals surface area contributed by atoms with E-state index in [1.807, 2.05) is 49.3 Å². The minimum Gasteiger partial charge on any atom is -0.349 e. The molecule has 3 fully saturated rings. The fourth-order valence-electron chi connectivity index (χ4n) is 8.13. The third kappa shape index (κ3) is 5.65. The molecule has 2 saturated carbocycles. The molecule has 10 nitrogen and oxygen atoms in total. The zero-order chi connectivity index (χ0) is 36.0. The van der Waals surface area contributed by atoms with E-state index >= 15 is 8.78 Å². The molecule has 2 aliphatic carbocycles. The molecule has 0 radical (unpaired) electrons. The number of nitrogens with zero attached hydrogens (tertiary/aromatic N) is 6. The number of hydrogen-bond donors (Lipinski definition) is 2. The maximum Gasteiger partial charge on any atom is 0.253 e. The van der Waals surface area contributed by atoms with Crippen LogP contribution in [0.3, 0.4) is 0 Å². The molecule has 0 spiro atoms. The molecule has 4 aromatic rings. The second-order valence-corrected chi connectivity index (χ2v) is 16.1. The SMILES string of the molecule is CC(C)n1cnc2cc(-c3cnc4c(c3)N(C3CC(C)(N5CCCCC5)C3)C(=O)C4(C)C)nc(Nc3cc(C(=O)NC4CC4)c(Cl)c(F)c3F)c21. The molecular formula is C38H43ClF2N8O2. The maximum absolute atomic E-state index is 15.5. The highest BCUT2D eigenvalue weighted by Crippen LogP contribution is 2.50. The predicted octanol–water partition coefficient (Wildman–Crippen LogP) is 7.67. The predicted molar refractivity (Wildman–Crippen MR) is 194 cm³/mol. The number of halogens is 3. The fourth-order valence-corrected chi connectivity index (χ4v) is 8.35. The van der Waals surface area contributed by atoms with E-state index < -0.39 is 28.0 Å². The molecule has 5 heterocycles. The van der Waals surface area contributed by atoms with Crippen molar-refractivity contribution in [2.24, 2.45) is 0 Å². The molecule has 0 unspecified atom stereocenters. The average molecular weight is 717 g/mol. The van der Waals surface area contributed by atoms with E-state index in [1.165, 1.54) is 25.3 Å². The van der Waals surface area contributed by atoms with Crippen LogP contribution in [0.1, 0.15) is 102 Å². The number of imidazole rings is 1. The lowest BCUT2D eigenvalue weighted by molar-refractivity contribution is -0.123. The number of fused-ring (bicyclic) bond motifs is 2. The number of nitrogens with one attached hydrogen (secondary N) is 2. The summed E-state index contributed by atoms with van der Waals surface area (Å²) in [7, 11) is 0. The van der Waals surface area contributed by atoms with Gasteiger partial charge in [0.1, 0.15) is 5.52 Å². The first-order valence-electron chi connectivity index (χ1n) is 18.0. The lowest BCUT2D eigenvalue weighted by atomic mass is 9.71. The number of benzene rings is 1. The van der Waals surface area contributed by atoms with Gasteiger partial charge in [-0.15, -0.1) is 0 Å². The van der Waals surface area contributed by atoms with Crippen molar-refractivity contribution in [3.63, 3.8) is 0 Å². The zero-order valence-corrected chi connectivity index (χ0v) is 30.4. The van der Waals surface area contributed by atoms with E-state index in [4.69, 9.17) is 21.6 Å². The van der Waals surface area contributed by atoms with Crippen molar-refractivity contribution in [2.75, 3.05) is 23.3 Å². The van der Waals surface area contributed by atoms with E-state index in [9.17, 15) is 9.59 Å². The Balaban J connectivity index is 1.18. The summed E-state index contributed by atoms with van der Waals surface area (Å²) in [6.45, 7) is 12.3. The zero-order valence-electron chi connectivity index (χ0n) is 29.6. The topological polar surface area (TPSA) is 108 Å². The van der Waals surface area contributed by atoms with Crippen LogP contribution in [-0.2, 0) is 10.2 Å². The molecule has 1 saturated heterocycles. The van der Waals surface area contributed by atoms with E-state index in [0.717, 1.165) is 50.2 Å². The Hall–Kier alpha value is -4.16. The van der Waals surface area contributed by atoms with E-state index in [1.54, 1.807) is 12.5 Å². The van der Waals surface area contributed by atoms with Gasteiger partial charge in [-0.3, -0.25) is 19.5 Å². The molecule has 2 aliphatic heterocycles. The lowest BCUT2D eigenvalue weighted by Gasteiger charge is -2.55.